The fourth-order valence-corrected chi connectivity index (χ4v) is 4.44. The predicted molar refractivity (Wildman–Crippen MR) is 108 cm³/mol. The number of rotatable bonds is 2. The average molecular weight is 331 g/mol. The second kappa shape index (κ2) is 5.64. The van der Waals surface area contributed by atoms with Crippen molar-refractivity contribution >= 4 is 42.9 Å². The lowest BCUT2D eigenvalue weighted by atomic mass is 10.0. The summed E-state index contributed by atoms with van der Waals surface area (Å²) >= 11 is 1.87. The van der Waals surface area contributed by atoms with E-state index in [4.69, 9.17) is 0 Å². The molecule has 0 spiro atoms. The van der Waals surface area contributed by atoms with Gasteiger partial charge in [0.15, 0.2) is 0 Å². The van der Waals surface area contributed by atoms with Crippen LogP contribution in [0.5, 0.6) is 0 Å². The summed E-state index contributed by atoms with van der Waals surface area (Å²) in [4.78, 5) is 2.42. The van der Waals surface area contributed by atoms with Crippen LogP contribution in [0.4, 0.5) is 11.4 Å². The van der Waals surface area contributed by atoms with Crippen molar-refractivity contribution in [2.45, 2.75) is 26.3 Å². The van der Waals surface area contributed by atoms with Crippen molar-refractivity contribution in [3.63, 3.8) is 0 Å². The zero-order chi connectivity index (χ0) is 16.7. The molecular formula is C22H21NS. The van der Waals surface area contributed by atoms with Crippen molar-refractivity contribution in [1.82, 2.24) is 0 Å². The van der Waals surface area contributed by atoms with Gasteiger partial charge in [0.1, 0.15) is 0 Å². The van der Waals surface area contributed by atoms with Crippen LogP contribution in [0.3, 0.4) is 0 Å². The van der Waals surface area contributed by atoms with Gasteiger partial charge in [-0.15, -0.1) is 11.3 Å². The minimum atomic E-state index is 0.000848. The molecule has 0 atom stereocenters. The zero-order valence-corrected chi connectivity index (χ0v) is 15.1. The number of benzene rings is 3. The molecule has 1 nitrogen and oxygen atoms in total. The Morgan fingerprint density at radius 3 is 2.08 bits per heavy atom. The summed E-state index contributed by atoms with van der Waals surface area (Å²) < 4.78 is 2.70. The van der Waals surface area contributed by atoms with E-state index in [1.165, 1.54) is 31.5 Å². The third kappa shape index (κ3) is 2.57. The maximum atomic E-state index is 2.42. The van der Waals surface area contributed by atoms with Gasteiger partial charge in [0.25, 0.3) is 0 Å². The van der Waals surface area contributed by atoms with Gasteiger partial charge >= 0.3 is 0 Å². The van der Waals surface area contributed by atoms with Gasteiger partial charge in [-0.2, -0.15) is 0 Å². The number of anilines is 2. The van der Waals surface area contributed by atoms with Gasteiger partial charge in [0.05, 0.1) is 0 Å². The first kappa shape index (κ1) is 15.2. The van der Waals surface area contributed by atoms with Crippen LogP contribution in [0.1, 0.15) is 20.8 Å². The fraction of sp³-hybridized carbons (Fsp3) is 0.182. The topological polar surface area (TPSA) is 3.24 Å². The quantitative estimate of drug-likeness (QED) is 0.382. The Kier molecular flexibility index (Phi) is 3.58. The first-order valence-electron chi connectivity index (χ1n) is 8.31. The van der Waals surface area contributed by atoms with Crippen molar-refractivity contribution in [3.05, 3.63) is 72.8 Å². The van der Waals surface area contributed by atoms with Crippen molar-refractivity contribution in [3.8, 4) is 0 Å². The minimum absolute atomic E-state index is 0.000848. The van der Waals surface area contributed by atoms with E-state index in [-0.39, 0.29) is 5.54 Å². The first-order valence-corrected chi connectivity index (χ1v) is 9.12. The van der Waals surface area contributed by atoms with Crippen molar-refractivity contribution in [1.29, 1.82) is 0 Å². The number of para-hydroxylation sites is 1. The highest BCUT2D eigenvalue weighted by Gasteiger charge is 2.23. The highest BCUT2D eigenvalue weighted by atomic mass is 32.1. The average Bonchev–Trinajstić information content (AvgIpc) is 2.93. The molecule has 0 radical (unpaired) electrons. The molecule has 0 aliphatic rings. The van der Waals surface area contributed by atoms with Gasteiger partial charge in [-0.1, -0.05) is 36.4 Å². The molecule has 0 saturated heterocycles. The molecule has 24 heavy (non-hydrogen) atoms. The lowest BCUT2D eigenvalue weighted by Crippen LogP contribution is -2.37. The molecule has 0 aliphatic carbocycles. The van der Waals surface area contributed by atoms with E-state index in [2.05, 4.69) is 98.5 Å². The van der Waals surface area contributed by atoms with Gasteiger partial charge in [0.2, 0.25) is 0 Å². The third-order valence-electron chi connectivity index (χ3n) is 4.30. The maximum Gasteiger partial charge on any atom is 0.0423 e. The van der Waals surface area contributed by atoms with Crippen LogP contribution < -0.4 is 4.90 Å². The summed E-state index contributed by atoms with van der Waals surface area (Å²) in [5, 5.41) is 2.69. The molecule has 3 aromatic carbocycles. The van der Waals surface area contributed by atoms with Crippen LogP contribution in [-0.4, -0.2) is 5.54 Å². The molecule has 0 aliphatic heterocycles. The summed E-state index contributed by atoms with van der Waals surface area (Å²) in [7, 11) is 0. The maximum absolute atomic E-state index is 2.42. The van der Waals surface area contributed by atoms with E-state index >= 15 is 0 Å². The Hall–Kier alpha value is -2.32. The Labute approximate surface area is 147 Å². The Balaban J connectivity index is 1.94. The van der Waals surface area contributed by atoms with E-state index in [1.807, 2.05) is 11.3 Å². The number of fused-ring (bicyclic) bond motifs is 3. The van der Waals surface area contributed by atoms with Crippen molar-refractivity contribution in [2.24, 2.45) is 0 Å². The largest absolute Gasteiger partial charge is 0.336 e. The molecule has 0 saturated carbocycles. The summed E-state index contributed by atoms with van der Waals surface area (Å²) in [6, 6.07) is 26.2. The van der Waals surface area contributed by atoms with Crippen LogP contribution in [0.25, 0.3) is 20.2 Å². The predicted octanol–water partition coefficient (Wildman–Crippen LogP) is 6.99. The molecule has 120 valence electrons. The molecular weight excluding hydrogens is 310 g/mol. The van der Waals surface area contributed by atoms with Crippen LogP contribution in [0.15, 0.2) is 72.8 Å². The number of hydrogen-bond donors (Lipinski definition) is 0. The highest BCUT2D eigenvalue weighted by Crippen LogP contribution is 2.39. The van der Waals surface area contributed by atoms with Crippen LogP contribution in [0.2, 0.25) is 0 Å². The van der Waals surface area contributed by atoms with E-state index in [0.717, 1.165) is 0 Å². The third-order valence-corrected chi connectivity index (χ3v) is 5.46. The molecule has 1 aromatic heterocycles. The van der Waals surface area contributed by atoms with Crippen LogP contribution in [-0.2, 0) is 0 Å². The van der Waals surface area contributed by atoms with Crippen molar-refractivity contribution in [2.75, 3.05) is 4.90 Å². The number of thiophene rings is 1. The molecule has 0 unspecified atom stereocenters. The molecule has 0 bridgehead atoms. The highest BCUT2D eigenvalue weighted by molar-refractivity contribution is 7.25. The first-order chi connectivity index (χ1) is 11.5. The Morgan fingerprint density at radius 1 is 0.667 bits per heavy atom. The van der Waals surface area contributed by atoms with Crippen LogP contribution in [0, 0.1) is 0 Å². The van der Waals surface area contributed by atoms with Crippen molar-refractivity contribution < 1.29 is 0 Å². The molecule has 0 fully saturated rings. The van der Waals surface area contributed by atoms with E-state index in [9.17, 15) is 0 Å². The monoisotopic (exact) mass is 331 g/mol. The van der Waals surface area contributed by atoms with E-state index < -0.39 is 0 Å². The SMILES string of the molecule is CC(C)(C)N(c1ccccc1)c1ccc2sc3ccccc3c2c1. The molecule has 2 heteroatoms. The van der Waals surface area contributed by atoms with Gasteiger partial charge in [-0.3, -0.25) is 0 Å². The summed E-state index contributed by atoms with van der Waals surface area (Å²) in [5.41, 5.74) is 2.47. The smallest absolute Gasteiger partial charge is 0.0423 e. The lowest BCUT2D eigenvalue weighted by Gasteiger charge is -2.38. The summed E-state index contributed by atoms with van der Waals surface area (Å²) in [6.07, 6.45) is 0. The lowest BCUT2D eigenvalue weighted by molar-refractivity contribution is 0.560. The zero-order valence-electron chi connectivity index (χ0n) is 14.3. The van der Waals surface area contributed by atoms with Gasteiger partial charge in [-0.05, 0) is 57.2 Å². The Morgan fingerprint density at radius 2 is 1.33 bits per heavy atom. The van der Waals surface area contributed by atoms with E-state index in [0.29, 0.717) is 0 Å². The normalized spacial score (nSPS) is 12.0. The summed E-state index contributed by atoms with van der Waals surface area (Å²) in [6.45, 7) is 6.78. The number of hydrogen-bond acceptors (Lipinski definition) is 2. The molecule has 0 amide bonds. The van der Waals surface area contributed by atoms with E-state index in [1.54, 1.807) is 0 Å². The Bertz CT molecular complexity index is 993. The fourth-order valence-electron chi connectivity index (χ4n) is 3.35. The van der Waals surface area contributed by atoms with Crippen LogP contribution >= 0.6 is 11.3 Å². The second-order valence-corrected chi connectivity index (χ2v) is 8.20. The summed E-state index contributed by atoms with van der Waals surface area (Å²) in [5.74, 6) is 0. The molecule has 4 rings (SSSR count). The molecule has 1 heterocycles. The van der Waals surface area contributed by atoms with Gasteiger partial charge in [-0.25, -0.2) is 0 Å². The second-order valence-electron chi connectivity index (χ2n) is 7.12. The minimum Gasteiger partial charge on any atom is -0.336 e. The molecule has 4 aromatic rings. The van der Waals surface area contributed by atoms with Gasteiger partial charge < -0.3 is 4.90 Å². The molecule has 0 N–H and O–H groups in total. The number of nitrogens with zero attached hydrogens (tertiary/aromatic N) is 1. The standard InChI is InChI=1S/C22H21NS/c1-22(2,3)23(16-9-5-4-6-10-16)17-13-14-21-19(15-17)18-11-7-8-12-20(18)24-21/h4-15H,1-3H3. The van der Waals surface area contributed by atoms with Gasteiger partial charge in [0, 0.05) is 37.1 Å².